The zero-order valence-electron chi connectivity index (χ0n) is 9.79. The Morgan fingerprint density at radius 2 is 2.11 bits per heavy atom. The molecule has 6 heteroatoms. The lowest BCUT2D eigenvalue weighted by atomic mass is 9.83. The maximum Gasteiger partial charge on any atom is 0.295 e. The molecular weight excluding hydrogens is 242 g/mol. The van der Waals surface area contributed by atoms with Crippen molar-refractivity contribution in [2.45, 2.75) is 25.7 Å². The van der Waals surface area contributed by atoms with Gasteiger partial charge in [-0.25, -0.2) is 8.78 Å². The first-order chi connectivity index (χ1) is 8.59. The van der Waals surface area contributed by atoms with Gasteiger partial charge in [0.2, 0.25) is 0 Å². The van der Waals surface area contributed by atoms with Crippen molar-refractivity contribution in [3.05, 3.63) is 33.9 Å². The summed E-state index contributed by atoms with van der Waals surface area (Å²) in [6.45, 7) is 0.423. The van der Waals surface area contributed by atoms with E-state index in [2.05, 4.69) is 5.32 Å². The van der Waals surface area contributed by atoms with Crippen LogP contribution in [0.5, 0.6) is 0 Å². The molecule has 0 aliphatic heterocycles. The van der Waals surface area contributed by atoms with Crippen LogP contribution in [0.2, 0.25) is 0 Å². The molecule has 4 nitrogen and oxygen atoms in total. The average Bonchev–Trinajstić information content (AvgIpc) is 2.26. The van der Waals surface area contributed by atoms with Crippen LogP contribution in [0.1, 0.15) is 25.7 Å². The van der Waals surface area contributed by atoms with E-state index in [4.69, 9.17) is 0 Å². The Bertz CT molecular complexity index is 462. The molecule has 0 aromatic heterocycles. The highest BCUT2D eigenvalue weighted by atomic mass is 19.2. The molecule has 0 amide bonds. The van der Waals surface area contributed by atoms with Crippen LogP contribution in [0.4, 0.5) is 20.2 Å². The van der Waals surface area contributed by atoms with Crippen LogP contribution in [-0.2, 0) is 0 Å². The van der Waals surface area contributed by atoms with E-state index >= 15 is 0 Å². The highest BCUT2D eigenvalue weighted by Gasteiger charge is 2.22. The van der Waals surface area contributed by atoms with E-state index in [1.807, 2.05) is 0 Å². The smallest absolute Gasteiger partial charge is 0.295 e. The molecule has 1 aliphatic carbocycles. The van der Waals surface area contributed by atoms with Gasteiger partial charge in [-0.1, -0.05) is 19.3 Å². The lowest BCUT2D eigenvalue weighted by Gasteiger charge is -2.25. The molecule has 1 aromatic rings. The summed E-state index contributed by atoms with van der Waals surface area (Å²) in [6.07, 6.45) is 4.33. The largest absolute Gasteiger partial charge is 0.377 e. The van der Waals surface area contributed by atoms with Crippen LogP contribution in [0.25, 0.3) is 0 Å². The highest BCUT2D eigenvalue weighted by molar-refractivity contribution is 5.62. The number of rotatable bonds is 5. The molecule has 0 atom stereocenters. The Labute approximate surface area is 103 Å². The SMILES string of the molecule is O=[N+]([O-])c1ccc(F)c(F)c1NCCC1CCC1. The predicted octanol–water partition coefficient (Wildman–Crippen LogP) is 3.48. The van der Waals surface area contributed by atoms with E-state index in [0.29, 0.717) is 12.5 Å². The minimum absolute atomic E-state index is 0.348. The zero-order chi connectivity index (χ0) is 13.1. The zero-order valence-corrected chi connectivity index (χ0v) is 9.79. The van der Waals surface area contributed by atoms with Crippen molar-refractivity contribution >= 4 is 11.4 Å². The van der Waals surface area contributed by atoms with Crippen molar-refractivity contribution in [3.8, 4) is 0 Å². The number of benzene rings is 1. The van der Waals surface area contributed by atoms with Crippen LogP contribution in [0.3, 0.4) is 0 Å². The number of nitro groups is 1. The van der Waals surface area contributed by atoms with Crippen LogP contribution in [0, 0.1) is 27.7 Å². The number of nitro benzene ring substituents is 1. The molecule has 1 fully saturated rings. The summed E-state index contributed by atoms with van der Waals surface area (Å²) in [6, 6.07) is 1.74. The number of anilines is 1. The summed E-state index contributed by atoms with van der Waals surface area (Å²) in [4.78, 5) is 10.0. The Morgan fingerprint density at radius 1 is 1.39 bits per heavy atom. The minimum atomic E-state index is -1.18. The molecule has 1 saturated carbocycles. The van der Waals surface area contributed by atoms with Crippen molar-refractivity contribution in [3.63, 3.8) is 0 Å². The number of nitrogens with one attached hydrogen (secondary N) is 1. The van der Waals surface area contributed by atoms with Crippen molar-refractivity contribution in [1.29, 1.82) is 0 Å². The van der Waals surface area contributed by atoms with E-state index in [1.54, 1.807) is 0 Å². The summed E-state index contributed by atoms with van der Waals surface area (Å²) in [5, 5.41) is 13.4. The predicted molar refractivity (Wildman–Crippen MR) is 63.5 cm³/mol. The van der Waals surface area contributed by atoms with Gasteiger partial charge in [-0.15, -0.1) is 0 Å². The summed E-state index contributed by atoms with van der Waals surface area (Å²) in [5.41, 5.74) is -0.776. The minimum Gasteiger partial charge on any atom is -0.377 e. The average molecular weight is 256 g/mol. The number of nitrogens with zero attached hydrogens (tertiary/aromatic N) is 1. The fourth-order valence-corrected chi connectivity index (χ4v) is 2.04. The molecule has 18 heavy (non-hydrogen) atoms. The van der Waals surface area contributed by atoms with E-state index in [-0.39, 0.29) is 5.69 Å². The second kappa shape index (κ2) is 5.29. The van der Waals surface area contributed by atoms with Crippen molar-refractivity contribution in [2.24, 2.45) is 5.92 Å². The number of hydrogen-bond donors (Lipinski definition) is 1. The Balaban J connectivity index is 2.08. The second-order valence-corrected chi connectivity index (χ2v) is 4.52. The third kappa shape index (κ3) is 2.57. The molecule has 0 spiro atoms. The van der Waals surface area contributed by atoms with Gasteiger partial charge in [0, 0.05) is 12.6 Å². The third-order valence-electron chi connectivity index (χ3n) is 3.35. The van der Waals surface area contributed by atoms with Crippen LogP contribution < -0.4 is 5.32 Å². The van der Waals surface area contributed by atoms with Crippen molar-refractivity contribution in [1.82, 2.24) is 0 Å². The van der Waals surface area contributed by atoms with Crippen LogP contribution in [-0.4, -0.2) is 11.5 Å². The topological polar surface area (TPSA) is 55.2 Å². The Hall–Kier alpha value is -1.72. The van der Waals surface area contributed by atoms with Gasteiger partial charge in [-0.3, -0.25) is 10.1 Å². The molecule has 0 heterocycles. The molecule has 0 bridgehead atoms. The van der Waals surface area contributed by atoms with Crippen molar-refractivity contribution in [2.75, 3.05) is 11.9 Å². The van der Waals surface area contributed by atoms with Gasteiger partial charge < -0.3 is 5.32 Å². The first-order valence-electron chi connectivity index (χ1n) is 5.96. The standard InChI is InChI=1S/C12H14F2N2O2/c13-9-4-5-10(16(17)18)12(11(9)14)15-7-6-8-2-1-3-8/h4-5,8,15H,1-3,6-7H2. The van der Waals surface area contributed by atoms with Crippen molar-refractivity contribution < 1.29 is 13.7 Å². The van der Waals surface area contributed by atoms with E-state index in [0.717, 1.165) is 31.4 Å². The van der Waals surface area contributed by atoms with Crippen LogP contribution >= 0.6 is 0 Å². The summed E-state index contributed by atoms with van der Waals surface area (Å²) >= 11 is 0. The van der Waals surface area contributed by atoms with Gasteiger partial charge in [0.15, 0.2) is 17.3 Å². The fraction of sp³-hybridized carbons (Fsp3) is 0.500. The molecule has 1 aliphatic rings. The molecule has 1 N–H and O–H groups in total. The normalized spacial score (nSPS) is 15.2. The lowest BCUT2D eigenvalue weighted by Crippen LogP contribution is -2.16. The van der Waals surface area contributed by atoms with Crippen LogP contribution in [0.15, 0.2) is 12.1 Å². The molecule has 0 radical (unpaired) electrons. The first kappa shape index (κ1) is 12.7. The maximum atomic E-state index is 13.5. The van der Waals surface area contributed by atoms with E-state index in [1.165, 1.54) is 6.42 Å². The summed E-state index contributed by atoms with van der Waals surface area (Å²) in [5.74, 6) is -1.65. The molecule has 1 aromatic carbocycles. The monoisotopic (exact) mass is 256 g/mol. The molecule has 0 unspecified atom stereocenters. The summed E-state index contributed by atoms with van der Waals surface area (Å²) < 4.78 is 26.5. The fourth-order valence-electron chi connectivity index (χ4n) is 2.04. The lowest BCUT2D eigenvalue weighted by molar-refractivity contribution is -0.384. The maximum absolute atomic E-state index is 13.5. The van der Waals surface area contributed by atoms with Gasteiger partial charge in [-0.2, -0.15) is 0 Å². The van der Waals surface area contributed by atoms with E-state index in [9.17, 15) is 18.9 Å². The van der Waals surface area contributed by atoms with Gasteiger partial charge in [0.1, 0.15) is 0 Å². The van der Waals surface area contributed by atoms with Gasteiger partial charge in [0.05, 0.1) is 4.92 Å². The van der Waals surface area contributed by atoms with Gasteiger partial charge in [-0.05, 0) is 18.4 Å². The molecule has 98 valence electrons. The molecule has 0 saturated heterocycles. The molecular formula is C12H14F2N2O2. The van der Waals surface area contributed by atoms with E-state index < -0.39 is 22.2 Å². The first-order valence-corrected chi connectivity index (χ1v) is 5.96. The summed E-state index contributed by atoms with van der Waals surface area (Å²) in [7, 11) is 0. The van der Waals surface area contributed by atoms with Gasteiger partial charge in [0.25, 0.3) is 5.69 Å². The van der Waals surface area contributed by atoms with Gasteiger partial charge >= 0.3 is 0 Å². The quantitative estimate of drug-likeness (QED) is 0.648. The second-order valence-electron chi connectivity index (χ2n) is 4.52. The molecule has 2 rings (SSSR count). The number of halogens is 2. The third-order valence-corrected chi connectivity index (χ3v) is 3.35. The highest BCUT2D eigenvalue weighted by Crippen LogP contribution is 2.31. The Morgan fingerprint density at radius 3 is 2.67 bits per heavy atom. The Kier molecular flexibility index (Phi) is 3.74. The number of hydrogen-bond acceptors (Lipinski definition) is 3.